The van der Waals surface area contributed by atoms with E-state index in [0.29, 0.717) is 5.56 Å². The lowest BCUT2D eigenvalue weighted by Crippen LogP contribution is -2.06. The highest BCUT2D eigenvalue weighted by atomic mass is 19.1. The quantitative estimate of drug-likeness (QED) is 0.908. The summed E-state index contributed by atoms with van der Waals surface area (Å²) >= 11 is 0. The Labute approximate surface area is 113 Å². The van der Waals surface area contributed by atoms with Gasteiger partial charge in [0.1, 0.15) is 18.2 Å². The summed E-state index contributed by atoms with van der Waals surface area (Å²) < 4.78 is 19.1. The van der Waals surface area contributed by atoms with Crippen molar-refractivity contribution in [3.8, 4) is 5.75 Å². The molecule has 0 fully saturated rings. The molecule has 0 aromatic heterocycles. The number of rotatable bonds is 4. The van der Waals surface area contributed by atoms with Crippen LogP contribution in [-0.4, -0.2) is 0 Å². The van der Waals surface area contributed by atoms with Crippen molar-refractivity contribution in [2.45, 2.75) is 26.5 Å². The van der Waals surface area contributed by atoms with Crippen molar-refractivity contribution in [1.29, 1.82) is 0 Å². The van der Waals surface area contributed by atoms with Crippen LogP contribution in [0.1, 0.15) is 29.7 Å². The van der Waals surface area contributed by atoms with Crippen molar-refractivity contribution in [3.05, 3.63) is 65.0 Å². The van der Waals surface area contributed by atoms with Crippen LogP contribution in [0.5, 0.6) is 5.75 Å². The average Bonchev–Trinajstić information content (AvgIpc) is 2.39. The Hall–Kier alpha value is -1.87. The van der Waals surface area contributed by atoms with Crippen LogP contribution in [0.4, 0.5) is 4.39 Å². The van der Waals surface area contributed by atoms with E-state index in [0.717, 1.165) is 16.9 Å². The molecule has 2 rings (SSSR count). The molecule has 2 aromatic carbocycles. The summed E-state index contributed by atoms with van der Waals surface area (Å²) in [5, 5.41) is 0. The summed E-state index contributed by atoms with van der Waals surface area (Å²) in [5.41, 5.74) is 8.45. The predicted molar refractivity (Wildman–Crippen MR) is 74.5 cm³/mol. The molecule has 1 atom stereocenters. The molecule has 0 aliphatic heterocycles. The van der Waals surface area contributed by atoms with E-state index >= 15 is 0 Å². The number of nitrogens with two attached hydrogens (primary N) is 1. The van der Waals surface area contributed by atoms with Gasteiger partial charge >= 0.3 is 0 Å². The van der Waals surface area contributed by atoms with Gasteiger partial charge in [-0.05, 0) is 37.1 Å². The van der Waals surface area contributed by atoms with Crippen LogP contribution >= 0.6 is 0 Å². The Bertz CT molecular complexity index is 566. The van der Waals surface area contributed by atoms with Crippen LogP contribution in [0.25, 0.3) is 0 Å². The van der Waals surface area contributed by atoms with Gasteiger partial charge in [-0.3, -0.25) is 0 Å². The van der Waals surface area contributed by atoms with E-state index in [9.17, 15) is 4.39 Å². The van der Waals surface area contributed by atoms with Crippen LogP contribution in [0.15, 0.2) is 42.5 Å². The molecule has 100 valence electrons. The first kappa shape index (κ1) is 13.6. The zero-order valence-electron chi connectivity index (χ0n) is 11.2. The first-order valence-electron chi connectivity index (χ1n) is 6.30. The second-order valence-corrected chi connectivity index (χ2v) is 4.69. The minimum absolute atomic E-state index is 0.000632. The standard InChI is InChI=1S/C16H18FNO/c1-11-9-13(12(2)18)7-8-16(11)19-10-14-5-3-4-6-15(14)17/h3-9,12H,10,18H2,1-2H3/t12-/m1/s1. The Morgan fingerprint density at radius 1 is 1.21 bits per heavy atom. The van der Waals surface area contributed by atoms with Crippen molar-refractivity contribution in [1.82, 2.24) is 0 Å². The molecule has 0 radical (unpaired) electrons. The van der Waals surface area contributed by atoms with Crippen molar-refractivity contribution >= 4 is 0 Å². The van der Waals surface area contributed by atoms with Gasteiger partial charge in [-0.1, -0.05) is 30.3 Å². The molecular weight excluding hydrogens is 241 g/mol. The average molecular weight is 259 g/mol. The summed E-state index contributed by atoms with van der Waals surface area (Å²) in [6.45, 7) is 4.13. The van der Waals surface area contributed by atoms with Crippen molar-refractivity contribution in [2.24, 2.45) is 5.73 Å². The molecular formula is C16H18FNO. The zero-order chi connectivity index (χ0) is 13.8. The van der Waals surface area contributed by atoms with E-state index in [-0.39, 0.29) is 18.5 Å². The lowest BCUT2D eigenvalue weighted by Gasteiger charge is -2.12. The van der Waals surface area contributed by atoms with Gasteiger partial charge in [0, 0.05) is 11.6 Å². The minimum Gasteiger partial charge on any atom is -0.489 e. The second-order valence-electron chi connectivity index (χ2n) is 4.69. The van der Waals surface area contributed by atoms with E-state index in [4.69, 9.17) is 10.5 Å². The third-order valence-corrected chi connectivity index (χ3v) is 3.07. The molecule has 0 saturated heterocycles. The number of halogens is 1. The number of hydrogen-bond donors (Lipinski definition) is 1. The van der Waals surface area contributed by atoms with Crippen molar-refractivity contribution in [2.75, 3.05) is 0 Å². The summed E-state index contributed by atoms with van der Waals surface area (Å²) in [5.74, 6) is 0.514. The summed E-state index contributed by atoms with van der Waals surface area (Å²) in [7, 11) is 0. The van der Waals surface area contributed by atoms with E-state index in [1.54, 1.807) is 18.2 Å². The maximum atomic E-state index is 13.5. The normalized spacial score (nSPS) is 12.2. The lowest BCUT2D eigenvalue weighted by atomic mass is 10.1. The van der Waals surface area contributed by atoms with E-state index < -0.39 is 0 Å². The Balaban J connectivity index is 2.10. The van der Waals surface area contributed by atoms with Gasteiger partial charge in [-0.25, -0.2) is 4.39 Å². The predicted octanol–water partition coefficient (Wildman–Crippen LogP) is 3.73. The molecule has 0 aliphatic carbocycles. The molecule has 3 heteroatoms. The van der Waals surface area contributed by atoms with Gasteiger partial charge in [0.25, 0.3) is 0 Å². The smallest absolute Gasteiger partial charge is 0.129 e. The number of benzene rings is 2. The Morgan fingerprint density at radius 3 is 2.58 bits per heavy atom. The molecule has 19 heavy (non-hydrogen) atoms. The van der Waals surface area contributed by atoms with Gasteiger partial charge in [0.2, 0.25) is 0 Å². The highest BCUT2D eigenvalue weighted by Gasteiger charge is 2.06. The largest absolute Gasteiger partial charge is 0.489 e. The fourth-order valence-corrected chi connectivity index (χ4v) is 1.89. The van der Waals surface area contributed by atoms with E-state index in [1.165, 1.54) is 6.07 Å². The molecule has 0 saturated carbocycles. The van der Waals surface area contributed by atoms with Gasteiger partial charge in [0.05, 0.1) is 0 Å². The summed E-state index contributed by atoms with van der Waals surface area (Å²) in [6.07, 6.45) is 0. The first-order chi connectivity index (χ1) is 9.08. The maximum absolute atomic E-state index is 13.5. The monoisotopic (exact) mass is 259 g/mol. The molecule has 2 aromatic rings. The Morgan fingerprint density at radius 2 is 1.95 bits per heavy atom. The van der Waals surface area contributed by atoms with Crippen LogP contribution in [0, 0.1) is 12.7 Å². The molecule has 0 heterocycles. The topological polar surface area (TPSA) is 35.2 Å². The first-order valence-corrected chi connectivity index (χ1v) is 6.30. The molecule has 2 nitrogen and oxygen atoms in total. The molecule has 2 N–H and O–H groups in total. The highest BCUT2D eigenvalue weighted by Crippen LogP contribution is 2.23. The fraction of sp³-hybridized carbons (Fsp3) is 0.250. The van der Waals surface area contributed by atoms with Gasteiger partial charge in [-0.15, -0.1) is 0 Å². The van der Waals surface area contributed by atoms with Gasteiger partial charge in [0.15, 0.2) is 0 Å². The number of ether oxygens (including phenoxy) is 1. The van der Waals surface area contributed by atoms with Crippen LogP contribution in [0.2, 0.25) is 0 Å². The van der Waals surface area contributed by atoms with Crippen molar-refractivity contribution in [3.63, 3.8) is 0 Å². The summed E-state index contributed by atoms with van der Waals surface area (Å²) in [4.78, 5) is 0. The van der Waals surface area contributed by atoms with Crippen LogP contribution in [-0.2, 0) is 6.61 Å². The van der Waals surface area contributed by atoms with Crippen LogP contribution < -0.4 is 10.5 Å². The third-order valence-electron chi connectivity index (χ3n) is 3.07. The van der Waals surface area contributed by atoms with Crippen molar-refractivity contribution < 1.29 is 9.13 Å². The Kier molecular flexibility index (Phi) is 4.17. The van der Waals surface area contributed by atoms with E-state index in [1.807, 2.05) is 32.0 Å². The highest BCUT2D eigenvalue weighted by molar-refractivity contribution is 5.37. The number of hydrogen-bond acceptors (Lipinski definition) is 2. The zero-order valence-corrected chi connectivity index (χ0v) is 11.2. The third kappa shape index (κ3) is 3.32. The molecule has 0 spiro atoms. The minimum atomic E-state index is -0.243. The summed E-state index contributed by atoms with van der Waals surface area (Å²) in [6, 6.07) is 12.4. The van der Waals surface area contributed by atoms with Gasteiger partial charge in [-0.2, -0.15) is 0 Å². The van der Waals surface area contributed by atoms with Crippen LogP contribution in [0.3, 0.4) is 0 Å². The maximum Gasteiger partial charge on any atom is 0.129 e. The number of aryl methyl sites for hydroxylation is 1. The molecule has 0 bridgehead atoms. The second kappa shape index (κ2) is 5.85. The fourth-order valence-electron chi connectivity index (χ4n) is 1.89. The SMILES string of the molecule is Cc1cc([C@@H](C)N)ccc1OCc1ccccc1F. The molecule has 0 amide bonds. The van der Waals surface area contributed by atoms with E-state index in [2.05, 4.69) is 0 Å². The lowest BCUT2D eigenvalue weighted by molar-refractivity contribution is 0.297. The molecule has 0 aliphatic rings. The molecule has 0 unspecified atom stereocenters. The van der Waals surface area contributed by atoms with Gasteiger partial charge < -0.3 is 10.5 Å².